The summed E-state index contributed by atoms with van der Waals surface area (Å²) >= 11 is 0. The van der Waals surface area contributed by atoms with Crippen LogP contribution in [0, 0.1) is 0 Å². The Labute approximate surface area is 157 Å². The van der Waals surface area contributed by atoms with Crippen LogP contribution in [0.3, 0.4) is 0 Å². The molecule has 4 rings (SSSR count). The lowest BCUT2D eigenvalue weighted by molar-refractivity contribution is 0.0375. The number of carbonyl (C=O) groups is 1. The first-order chi connectivity index (χ1) is 13.2. The maximum atomic E-state index is 12.9. The van der Waals surface area contributed by atoms with E-state index in [-0.39, 0.29) is 11.3 Å². The molecule has 3 nitrogen and oxygen atoms in total. The minimum atomic E-state index is -0.559. The summed E-state index contributed by atoms with van der Waals surface area (Å²) in [4.78, 5) is 12.9. The second-order valence-electron chi connectivity index (χ2n) is 6.32. The highest BCUT2D eigenvalue weighted by Gasteiger charge is 2.22. The minimum absolute atomic E-state index is 0.0847. The van der Waals surface area contributed by atoms with Crippen molar-refractivity contribution < 1.29 is 14.6 Å². The van der Waals surface area contributed by atoms with Gasteiger partial charge in [0.1, 0.15) is 11.3 Å². The van der Waals surface area contributed by atoms with Crippen LogP contribution in [0.2, 0.25) is 0 Å². The van der Waals surface area contributed by atoms with Crippen LogP contribution in [0.5, 0.6) is 5.75 Å². The van der Waals surface area contributed by atoms with Crippen molar-refractivity contribution >= 4 is 16.7 Å². The quantitative estimate of drug-likeness (QED) is 0.493. The van der Waals surface area contributed by atoms with Crippen LogP contribution in [0.1, 0.15) is 27.6 Å². The number of rotatable bonds is 4. The lowest BCUT2D eigenvalue weighted by Crippen LogP contribution is -2.13. The highest BCUT2D eigenvalue weighted by Crippen LogP contribution is 2.30. The number of phenolic OH excluding ortho intramolecular Hbond substituents is 1. The van der Waals surface area contributed by atoms with Crippen LogP contribution in [0.15, 0.2) is 97.1 Å². The molecule has 1 N–H and O–H groups in total. The summed E-state index contributed by atoms with van der Waals surface area (Å²) in [5, 5.41) is 12.1. The molecule has 0 spiro atoms. The highest BCUT2D eigenvalue weighted by molar-refractivity contribution is 5.98. The molecule has 0 aromatic heterocycles. The lowest BCUT2D eigenvalue weighted by Gasteiger charge is -2.19. The molecule has 0 aliphatic rings. The number of hydrogen-bond donors (Lipinski definition) is 1. The third kappa shape index (κ3) is 3.53. The van der Waals surface area contributed by atoms with Crippen LogP contribution in [-0.2, 0) is 4.74 Å². The second-order valence-corrected chi connectivity index (χ2v) is 6.32. The average Bonchev–Trinajstić information content (AvgIpc) is 2.72. The Bertz CT molecular complexity index is 1030. The van der Waals surface area contributed by atoms with Crippen LogP contribution < -0.4 is 0 Å². The number of phenols is 1. The first kappa shape index (κ1) is 16.9. The molecule has 3 heteroatoms. The van der Waals surface area contributed by atoms with Gasteiger partial charge in [-0.05, 0) is 34.0 Å². The largest absolute Gasteiger partial charge is 0.507 e. The minimum Gasteiger partial charge on any atom is -0.507 e. The number of hydrogen-bond acceptors (Lipinski definition) is 3. The molecule has 4 aromatic rings. The van der Waals surface area contributed by atoms with E-state index in [4.69, 9.17) is 4.74 Å². The van der Waals surface area contributed by atoms with Crippen molar-refractivity contribution in [1.29, 1.82) is 0 Å². The van der Waals surface area contributed by atoms with Gasteiger partial charge in [-0.3, -0.25) is 0 Å². The van der Waals surface area contributed by atoms with Crippen molar-refractivity contribution in [3.63, 3.8) is 0 Å². The van der Waals surface area contributed by atoms with Gasteiger partial charge >= 0.3 is 5.97 Å². The maximum Gasteiger partial charge on any atom is 0.342 e. The Kier molecular flexibility index (Phi) is 4.58. The molecular formula is C24H18O3. The van der Waals surface area contributed by atoms with Crippen molar-refractivity contribution in [1.82, 2.24) is 0 Å². The summed E-state index contributed by atoms with van der Waals surface area (Å²) in [5.74, 6) is -0.644. The maximum absolute atomic E-state index is 12.9. The topological polar surface area (TPSA) is 46.5 Å². The summed E-state index contributed by atoms with van der Waals surface area (Å²) in [6.07, 6.45) is -0.550. The molecule has 4 aromatic carbocycles. The molecule has 0 aliphatic heterocycles. The molecule has 0 saturated carbocycles. The van der Waals surface area contributed by atoms with E-state index in [1.54, 1.807) is 12.1 Å². The number of fused-ring (bicyclic) bond motifs is 1. The van der Waals surface area contributed by atoms with Gasteiger partial charge in [0.25, 0.3) is 0 Å². The van der Waals surface area contributed by atoms with E-state index in [9.17, 15) is 9.90 Å². The molecule has 0 fully saturated rings. The van der Waals surface area contributed by atoms with Crippen molar-refractivity contribution in [3.05, 3.63) is 114 Å². The molecule has 0 unspecified atom stereocenters. The fraction of sp³-hybridized carbons (Fsp3) is 0.0417. The van der Waals surface area contributed by atoms with Crippen molar-refractivity contribution in [3.8, 4) is 5.75 Å². The fourth-order valence-corrected chi connectivity index (χ4v) is 3.15. The number of aromatic hydroxyl groups is 1. The SMILES string of the molecule is O=C(OC(c1ccccc1)c1ccccc1)c1cc2ccccc2cc1O. The standard InChI is InChI=1S/C24H18O3/c25-22-16-20-14-8-7-13-19(20)15-21(22)24(26)27-23(17-9-3-1-4-10-17)18-11-5-2-6-12-18/h1-16,23,25H. The van der Waals surface area contributed by atoms with Crippen molar-refractivity contribution in [2.75, 3.05) is 0 Å². The summed E-state index contributed by atoms with van der Waals surface area (Å²) in [5.41, 5.74) is 1.90. The zero-order chi connectivity index (χ0) is 18.6. The lowest BCUT2D eigenvalue weighted by atomic mass is 10.0. The van der Waals surface area contributed by atoms with Gasteiger partial charge in [0.15, 0.2) is 6.10 Å². The Morgan fingerprint density at radius 2 is 1.19 bits per heavy atom. The van der Waals surface area contributed by atoms with Crippen LogP contribution in [0.4, 0.5) is 0 Å². The zero-order valence-electron chi connectivity index (χ0n) is 14.6. The summed E-state index contributed by atoms with van der Waals surface area (Å²) in [6, 6.07) is 30.0. The summed E-state index contributed by atoms with van der Waals surface area (Å²) < 4.78 is 5.84. The molecule has 0 bridgehead atoms. The van der Waals surface area contributed by atoms with E-state index in [0.717, 1.165) is 21.9 Å². The fourth-order valence-electron chi connectivity index (χ4n) is 3.15. The smallest absolute Gasteiger partial charge is 0.342 e. The Morgan fingerprint density at radius 1 is 0.704 bits per heavy atom. The zero-order valence-corrected chi connectivity index (χ0v) is 14.6. The van der Waals surface area contributed by atoms with Gasteiger partial charge in [-0.2, -0.15) is 0 Å². The molecule has 0 heterocycles. The monoisotopic (exact) mass is 354 g/mol. The molecule has 0 amide bonds. The van der Waals surface area contributed by atoms with E-state index in [1.807, 2.05) is 84.9 Å². The van der Waals surface area contributed by atoms with E-state index in [2.05, 4.69) is 0 Å². The summed E-state index contributed by atoms with van der Waals surface area (Å²) in [6.45, 7) is 0. The van der Waals surface area contributed by atoms with Gasteiger partial charge in [0.05, 0.1) is 0 Å². The molecular weight excluding hydrogens is 336 g/mol. The van der Waals surface area contributed by atoms with E-state index < -0.39 is 12.1 Å². The first-order valence-corrected chi connectivity index (χ1v) is 8.75. The van der Waals surface area contributed by atoms with Crippen LogP contribution in [-0.4, -0.2) is 11.1 Å². The van der Waals surface area contributed by atoms with Crippen molar-refractivity contribution in [2.24, 2.45) is 0 Å². The Balaban J connectivity index is 1.71. The Hall–Kier alpha value is -3.59. The predicted molar refractivity (Wildman–Crippen MR) is 106 cm³/mol. The van der Waals surface area contributed by atoms with Gasteiger partial charge in [-0.1, -0.05) is 84.9 Å². The average molecular weight is 354 g/mol. The van der Waals surface area contributed by atoms with Gasteiger partial charge in [-0.15, -0.1) is 0 Å². The van der Waals surface area contributed by atoms with Gasteiger partial charge < -0.3 is 9.84 Å². The van der Waals surface area contributed by atoms with E-state index >= 15 is 0 Å². The molecule has 0 saturated heterocycles. The normalized spacial score (nSPS) is 10.9. The molecule has 132 valence electrons. The molecule has 27 heavy (non-hydrogen) atoms. The molecule has 0 radical (unpaired) electrons. The number of benzene rings is 4. The Morgan fingerprint density at radius 3 is 1.74 bits per heavy atom. The van der Waals surface area contributed by atoms with Crippen LogP contribution >= 0.6 is 0 Å². The van der Waals surface area contributed by atoms with Gasteiger partial charge in [-0.25, -0.2) is 4.79 Å². The third-order valence-electron chi connectivity index (χ3n) is 4.51. The predicted octanol–water partition coefficient (Wildman–Crippen LogP) is 5.49. The highest BCUT2D eigenvalue weighted by atomic mass is 16.5. The van der Waals surface area contributed by atoms with Gasteiger partial charge in [0.2, 0.25) is 0 Å². The number of ether oxygens (including phenoxy) is 1. The number of carbonyl (C=O) groups excluding carboxylic acids is 1. The number of esters is 1. The van der Waals surface area contributed by atoms with Crippen molar-refractivity contribution in [2.45, 2.75) is 6.10 Å². The van der Waals surface area contributed by atoms with Crippen LogP contribution in [0.25, 0.3) is 10.8 Å². The third-order valence-corrected chi connectivity index (χ3v) is 4.51. The molecule has 0 aliphatic carbocycles. The molecule has 0 atom stereocenters. The van der Waals surface area contributed by atoms with E-state index in [1.165, 1.54) is 0 Å². The first-order valence-electron chi connectivity index (χ1n) is 8.75. The summed E-state index contributed by atoms with van der Waals surface area (Å²) in [7, 11) is 0. The second kappa shape index (κ2) is 7.34. The van der Waals surface area contributed by atoms with E-state index in [0.29, 0.717) is 0 Å². The van der Waals surface area contributed by atoms with Gasteiger partial charge in [0, 0.05) is 0 Å².